The van der Waals surface area contributed by atoms with Gasteiger partial charge in [-0.25, -0.2) is 10.6 Å². The average molecular weight is 389 g/mol. The maximum atomic E-state index is 11.9. The van der Waals surface area contributed by atoms with Crippen molar-refractivity contribution in [2.24, 2.45) is 5.84 Å². The Labute approximate surface area is 162 Å². The molecule has 0 spiro atoms. The number of hydrogen-bond acceptors (Lipinski definition) is 7. The number of hydrazine groups is 1. The first kappa shape index (κ1) is 21.2. The van der Waals surface area contributed by atoms with Crippen LogP contribution in [0.4, 0.5) is 4.79 Å². The Bertz CT molecular complexity index is 800. The van der Waals surface area contributed by atoms with Gasteiger partial charge in [0.15, 0.2) is 0 Å². The van der Waals surface area contributed by atoms with Gasteiger partial charge in [0.1, 0.15) is 24.6 Å². The molecule has 2 aromatic rings. The summed E-state index contributed by atoms with van der Waals surface area (Å²) in [6.07, 6.45) is -3.58. The van der Waals surface area contributed by atoms with Crippen LogP contribution in [0.5, 0.6) is 5.75 Å². The number of carbonyl (C=O) groups is 2. The van der Waals surface area contributed by atoms with E-state index in [4.69, 9.17) is 15.3 Å². The van der Waals surface area contributed by atoms with Crippen molar-refractivity contribution in [3.63, 3.8) is 0 Å². The minimum atomic E-state index is -1.45. The molecule has 0 aliphatic carbocycles. The first-order valence-corrected chi connectivity index (χ1v) is 8.45. The van der Waals surface area contributed by atoms with Gasteiger partial charge < -0.3 is 25.0 Å². The van der Waals surface area contributed by atoms with Gasteiger partial charge in [-0.1, -0.05) is 36.4 Å². The maximum absolute atomic E-state index is 11.9. The summed E-state index contributed by atoms with van der Waals surface area (Å²) < 4.78 is 10.1. The third-order valence-electron chi connectivity index (χ3n) is 3.99. The fourth-order valence-corrected chi connectivity index (χ4v) is 2.48. The van der Waals surface area contributed by atoms with Crippen LogP contribution in [-0.2, 0) is 11.3 Å². The summed E-state index contributed by atoms with van der Waals surface area (Å²) in [5.74, 6) is 4.89. The number of carbonyl (C=O) groups excluding carboxylic acids is 2. The molecule has 0 aliphatic heterocycles. The van der Waals surface area contributed by atoms with E-state index in [1.165, 1.54) is 25.3 Å². The van der Waals surface area contributed by atoms with Crippen molar-refractivity contribution < 1.29 is 29.3 Å². The normalized spacial score (nSPS) is 12.6. The Hall–Kier alpha value is -3.14. The predicted octanol–water partition coefficient (Wildman–Crippen LogP) is 0.619. The summed E-state index contributed by atoms with van der Waals surface area (Å²) in [6, 6.07) is 13.4. The zero-order valence-corrected chi connectivity index (χ0v) is 15.3. The number of aliphatic hydroxyl groups is 2. The smallest absolute Gasteiger partial charge is 0.407 e. The summed E-state index contributed by atoms with van der Waals surface area (Å²) in [4.78, 5) is 23.7. The van der Waals surface area contributed by atoms with Gasteiger partial charge in [-0.05, 0) is 23.3 Å². The van der Waals surface area contributed by atoms with Crippen LogP contribution in [0.15, 0.2) is 48.5 Å². The second-order valence-electron chi connectivity index (χ2n) is 5.88. The lowest BCUT2D eigenvalue weighted by Crippen LogP contribution is -2.37. The van der Waals surface area contributed by atoms with Crippen LogP contribution in [0.2, 0.25) is 0 Å². The quantitative estimate of drug-likeness (QED) is 0.253. The first-order valence-electron chi connectivity index (χ1n) is 8.45. The van der Waals surface area contributed by atoms with Crippen molar-refractivity contribution in [3.05, 3.63) is 65.2 Å². The molecule has 0 fully saturated rings. The molecular formula is C19H23N3O6. The molecule has 28 heavy (non-hydrogen) atoms. The lowest BCUT2D eigenvalue weighted by Gasteiger charge is -2.21. The molecule has 0 bridgehead atoms. The van der Waals surface area contributed by atoms with E-state index < -0.39 is 24.2 Å². The maximum Gasteiger partial charge on any atom is 0.407 e. The lowest BCUT2D eigenvalue weighted by molar-refractivity contribution is 0.0178. The predicted molar refractivity (Wildman–Crippen MR) is 100 cm³/mol. The molecule has 0 radical (unpaired) electrons. The number of nitrogens with two attached hydrogens (primary N) is 1. The van der Waals surface area contributed by atoms with Gasteiger partial charge >= 0.3 is 6.09 Å². The molecule has 0 heterocycles. The fraction of sp³-hybridized carbons (Fsp3) is 0.263. The van der Waals surface area contributed by atoms with E-state index in [2.05, 4.69) is 5.32 Å². The van der Waals surface area contributed by atoms with Gasteiger partial charge in [0.25, 0.3) is 5.91 Å². The molecule has 2 amide bonds. The van der Waals surface area contributed by atoms with E-state index in [1.807, 2.05) is 23.6 Å². The Balaban J connectivity index is 1.95. The van der Waals surface area contributed by atoms with Crippen molar-refractivity contribution in [2.45, 2.75) is 18.8 Å². The Morgan fingerprint density at radius 2 is 1.86 bits per heavy atom. The van der Waals surface area contributed by atoms with Crippen LogP contribution in [0.3, 0.4) is 0 Å². The van der Waals surface area contributed by atoms with Crippen LogP contribution >= 0.6 is 0 Å². The second kappa shape index (κ2) is 10.3. The highest BCUT2D eigenvalue weighted by Crippen LogP contribution is 2.25. The van der Waals surface area contributed by atoms with Gasteiger partial charge in [-0.3, -0.25) is 10.2 Å². The molecular weight excluding hydrogens is 366 g/mol. The zero-order valence-electron chi connectivity index (χ0n) is 15.3. The van der Waals surface area contributed by atoms with Crippen molar-refractivity contribution in [1.82, 2.24) is 10.7 Å². The number of benzene rings is 2. The molecule has 0 aliphatic rings. The number of hydrogen-bond donors (Lipinski definition) is 5. The summed E-state index contributed by atoms with van der Waals surface area (Å²) in [5.41, 5.74) is 2.96. The minimum absolute atomic E-state index is 0.0417. The third kappa shape index (κ3) is 5.68. The summed E-state index contributed by atoms with van der Waals surface area (Å²) in [6.45, 7) is -0.213. The van der Waals surface area contributed by atoms with Gasteiger partial charge in [-0.15, -0.1) is 0 Å². The molecule has 0 saturated carbocycles. The highest BCUT2D eigenvalue weighted by Gasteiger charge is 2.24. The molecule has 150 valence electrons. The number of aliphatic hydroxyl groups excluding tert-OH is 2. The molecule has 6 N–H and O–H groups in total. The minimum Gasteiger partial charge on any atom is -0.497 e. The average Bonchev–Trinajstić information content (AvgIpc) is 2.75. The summed E-state index contributed by atoms with van der Waals surface area (Å²) >= 11 is 0. The fourth-order valence-electron chi connectivity index (χ4n) is 2.48. The van der Waals surface area contributed by atoms with Crippen molar-refractivity contribution in [3.8, 4) is 5.75 Å². The molecule has 9 heteroatoms. The largest absolute Gasteiger partial charge is 0.497 e. The van der Waals surface area contributed by atoms with E-state index in [1.54, 1.807) is 12.1 Å². The van der Waals surface area contributed by atoms with E-state index in [0.717, 1.165) is 5.56 Å². The van der Waals surface area contributed by atoms with Gasteiger partial charge in [0.05, 0.1) is 12.7 Å². The SMILES string of the molecule is COc1ccc(C(O)C(O)CNC(=O)OCc2ccccc2)c(C(=O)NN)c1. The number of amides is 2. The van der Waals surface area contributed by atoms with E-state index in [0.29, 0.717) is 5.75 Å². The summed E-state index contributed by atoms with van der Waals surface area (Å²) in [5, 5.41) is 23.0. The van der Waals surface area contributed by atoms with Crippen molar-refractivity contribution >= 4 is 12.0 Å². The molecule has 2 aromatic carbocycles. The molecule has 0 saturated heterocycles. The molecule has 2 unspecified atom stereocenters. The highest BCUT2D eigenvalue weighted by molar-refractivity contribution is 5.95. The monoisotopic (exact) mass is 389 g/mol. The van der Waals surface area contributed by atoms with Gasteiger partial charge in [-0.2, -0.15) is 0 Å². The number of methoxy groups -OCH3 is 1. The number of nitrogens with one attached hydrogen (secondary N) is 2. The molecule has 9 nitrogen and oxygen atoms in total. The molecule has 2 atom stereocenters. The lowest BCUT2D eigenvalue weighted by atomic mass is 9.97. The second-order valence-corrected chi connectivity index (χ2v) is 5.88. The Morgan fingerprint density at radius 1 is 1.14 bits per heavy atom. The third-order valence-corrected chi connectivity index (χ3v) is 3.99. The van der Waals surface area contributed by atoms with E-state index in [-0.39, 0.29) is 24.3 Å². The van der Waals surface area contributed by atoms with E-state index >= 15 is 0 Å². The Morgan fingerprint density at radius 3 is 2.50 bits per heavy atom. The first-order chi connectivity index (χ1) is 13.5. The van der Waals surface area contributed by atoms with Crippen molar-refractivity contribution in [1.29, 1.82) is 0 Å². The number of rotatable bonds is 8. The number of alkyl carbamates (subject to hydrolysis) is 1. The zero-order chi connectivity index (χ0) is 20.5. The van der Waals surface area contributed by atoms with Gasteiger partial charge in [0.2, 0.25) is 0 Å². The number of nitrogen functional groups attached to an aromatic ring is 1. The Kier molecular flexibility index (Phi) is 7.76. The van der Waals surface area contributed by atoms with Crippen molar-refractivity contribution in [2.75, 3.05) is 13.7 Å². The summed E-state index contributed by atoms with van der Waals surface area (Å²) in [7, 11) is 1.43. The van der Waals surface area contributed by atoms with Crippen LogP contribution in [0.1, 0.15) is 27.6 Å². The topological polar surface area (TPSA) is 143 Å². The van der Waals surface area contributed by atoms with Crippen LogP contribution in [-0.4, -0.2) is 42.0 Å². The van der Waals surface area contributed by atoms with Crippen LogP contribution in [0.25, 0.3) is 0 Å². The molecule has 0 aromatic heterocycles. The molecule has 2 rings (SSSR count). The van der Waals surface area contributed by atoms with Gasteiger partial charge in [0, 0.05) is 6.54 Å². The standard InChI is InChI=1S/C19H23N3O6/c1-27-13-7-8-14(15(9-13)18(25)22-20)17(24)16(23)10-21-19(26)28-11-12-5-3-2-4-6-12/h2-9,16-17,23-24H,10-11,20H2,1H3,(H,21,26)(H,22,25). The number of ether oxygens (including phenoxy) is 2. The highest BCUT2D eigenvalue weighted by atomic mass is 16.5. The van der Waals surface area contributed by atoms with Crippen LogP contribution < -0.4 is 21.3 Å². The van der Waals surface area contributed by atoms with Crippen LogP contribution in [0, 0.1) is 0 Å². The van der Waals surface area contributed by atoms with E-state index in [9.17, 15) is 19.8 Å².